The summed E-state index contributed by atoms with van der Waals surface area (Å²) in [6.07, 6.45) is 4.04. The van der Waals surface area contributed by atoms with Gasteiger partial charge in [-0.05, 0) is 44.2 Å². The maximum absolute atomic E-state index is 5.39. The van der Waals surface area contributed by atoms with Crippen molar-refractivity contribution in [3.05, 3.63) is 41.4 Å². The number of nitrogens with zero attached hydrogens (tertiary/aromatic N) is 4. The third-order valence-electron chi connectivity index (χ3n) is 4.96. The maximum atomic E-state index is 5.39. The van der Waals surface area contributed by atoms with Crippen LogP contribution in [0.1, 0.15) is 56.5 Å². The first-order valence-corrected chi connectivity index (χ1v) is 10.2. The van der Waals surface area contributed by atoms with Gasteiger partial charge in [0.2, 0.25) is 0 Å². The third kappa shape index (κ3) is 6.87. The molecule has 0 bridgehead atoms. The number of anilines is 1. The summed E-state index contributed by atoms with van der Waals surface area (Å²) in [4.78, 5) is 11.6. The third-order valence-corrected chi connectivity index (χ3v) is 4.96. The first kappa shape index (κ1) is 23.4. The van der Waals surface area contributed by atoms with Crippen LogP contribution < -0.4 is 15.5 Å². The van der Waals surface area contributed by atoms with Gasteiger partial charge in [-0.1, -0.05) is 25.1 Å². The molecule has 3 rings (SSSR count). The Morgan fingerprint density at radius 1 is 1.31 bits per heavy atom. The summed E-state index contributed by atoms with van der Waals surface area (Å²) in [6.45, 7) is 11.7. The summed E-state index contributed by atoms with van der Waals surface area (Å²) < 4.78 is 5.39. The molecular weight excluding hydrogens is 479 g/mol. The normalized spacial score (nSPS) is 15.3. The molecule has 0 spiro atoms. The number of guanidine groups is 1. The van der Waals surface area contributed by atoms with Gasteiger partial charge < -0.3 is 20.1 Å². The fraction of sp³-hybridized carbons (Fsp3) is 0.571. The predicted octanol–water partition coefficient (Wildman–Crippen LogP) is 3.84. The molecule has 1 saturated heterocycles. The molecular formula is C21H33IN6O. The quantitative estimate of drug-likeness (QED) is 0.348. The van der Waals surface area contributed by atoms with E-state index in [2.05, 4.69) is 70.5 Å². The summed E-state index contributed by atoms with van der Waals surface area (Å²) in [7, 11) is 0. The highest BCUT2D eigenvalue weighted by Crippen LogP contribution is 2.18. The standard InChI is InChI=1S/C21H32N6O.HI/c1-5-22-21(24-14-18-12-19(15(2)3)26-28-18)25-17-8-10-27(11-9-17)20-7-6-16(4)13-23-20;/h6-7,12-13,15,17H,5,8-11,14H2,1-4H3,(H2,22,24,25);1H. The van der Waals surface area contributed by atoms with Crippen LogP contribution in [0.25, 0.3) is 0 Å². The summed E-state index contributed by atoms with van der Waals surface area (Å²) in [5.74, 6) is 3.05. The minimum atomic E-state index is 0. The molecule has 7 nitrogen and oxygen atoms in total. The average Bonchev–Trinajstić information content (AvgIpc) is 3.17. The van der Waals surface area contributed by atoms with Gasteiger partial charge in [-0.2, -0.15) is 0 Å². The van der Waals surface area contributed by atoms with Crippen LogP contribution in [0.5, 0.6) is 0 Å². The number of hydrogen-bond donors (Lipinski definition) is 2. The predicted molar refractivity (Wildman–Crippen MR) is 128 cm³/mol. The minimum Gasteiger partial charge on any atom is -0.359 e. The molecule has 3 heterocycles. The number of aromatic nitrogens is 2. The Hall–Kier alpha value is -1.84. The van der Waals surface area contributed by atoms with Gasteiger partial charge >= 0.3 is 0 Å². The molecule has 0 atom stereocenters. The molecule has 29 heavy (non-hydrogen) atoms. The molecule has 0 unspecified atom stereocenters. The number of nitrogens with one attached hydrogen (secondary N) is 2. The van der Waals surface area contributed by atoms with E-state index in [9.17, 15) is 0 Å². The van der Waals surface area contributed by atoms with Crippen molar-refractivity contribution in [2.75, 3.05) is 24.5 Å². The zero-order valence-corrected chi connectivity index (χ0v) is 20.1. The van der Waals surface area contributed by atoms with Crippen LogP contribution in [-0.4, -0.2) is 41.8 Å². The highest BCUT2D eigenvalue weighted by Gasteiger charge is 2.21. The SMILES string of the molecule is CCNC(=NCc1cc(C(C)C)no1)NC1CCN(c2ccc(C)cn2)CC1.I. The van der Waals surface area contributed by atoms with E-state index in [1.54, 1.807) is 0 Å². The highest BCUT2D eigenvalue weighted by molar-refractivity contribution is 14.0. The van der Waals surface area contributed by atoms with Crippen molar-refractivity contribution in [1.82, 2.24) is 20.8 Å². The molecule has 1 aliphatic heterocycles. The van der Waals surface area contributed by atoms with Crippen LogP contribution >= 0.6 is 24.0 Å². The Kier molecular flexibility index (Phi) is 9.19. The molecule has 0 radical (unpaired) electrons. The maximum Gasteiger partial charge on any atom is 0.191 e. The zero-order valence-electron chi connectivity index (χ0n) is 17.8. The van der Waals surface area contributed by atoms with E-state index in [-0.39, 0.29) is 24.0 Å². The van der Waals surface area contributed by atoms with Crippen molar-refractivity contribution < 1.29 is 4.52 Å². The number of halogens is 1. The molecule has 8 heteroatoms. The topological polar surface area (TPSA) is 78.6 Å². The van der Waals surface area contributed by atoms with Crippen LogP contribution in [-0.2, 0) is 6.54 Å². The van der Waals surface area contributed by atoms with Crippen molar-refractivity contribution in [3.8, 4) is 0 Å². The first-order valence-electron chi connectivity index (χ1n) is 10.2. The first-order chi connectivity index (χ1) is 13.5. The molecule has 0 saturated carbocycles. The van der Waals surface area contributed by atoms with Gasteiger partial charge in [0, 0.05) is 37.9 Å². The molecule has 1 fully saturated rings. The lowest BCUT2D eigenvalue weighted by molar-refractivity contribution is 0.376. The van der Waals surface area contributed by atoms with Crippen molar-refractivity contribution in [2.24, 2.45) is 4.99 Å². The largest absolute Gasteiger partial charge is 0.359 e. The van der Waals surface area contributed by atoms with Crippen molar-refractivity contribution in [2.45, 2.75) is 59.0 Å². The molecule has 0 amide bonds. The van der Waals surface area contributed by atoms with E-state index >= 15 is 0 Å². The van der Waals surface area contributed by atoms with E-state index in [0.29, 0.717) is 18.5 Å². The van der Waals surface area contributed by atoms with Crippen LogP contribution in [0.15, 0.2) is 33.9 Å². The van der Waals surface area contributed by atoms with Crippen molar-refractivity contribution in [3.63, 3.8) is 0 Å². The molecule has 2 aromatic rings. The smallest absolute Gasteiger partial charge is 0.191 e. The van der Waals surface area contributed by atoms with E-state index in [0.717, 1.165) is 55.7 Å². The summed E-state index contributed by atoms with van der Waals surface area (Å²) in [5, 5.41) is 11.0. The summed E-state index contributed by atoms with van der Waals surface area (Å²) >= 11 is 0. The average molecular weight is 512 g/mol. The fourth-order valence-corrected chi connectivity index (χ4v) is 3.25. The molecule has 1 aliphatic rings. The monoisotopic (exact) mass is 512 g/mol. The van der Waals surface area contributed by atoms with Gasteiger partial charge in [0.05, 0.1) is 5.69 Å². The Morgan fingerprint density at radius 2 is 2.07 bits per heavy atom. The fourth-order valence-electron chi connectivity index (χ4n) is 3.25. The van der Waals surface area contributed by atoms with Crippen LogP contribution in [0, 0.1) is 6.92 Å². The Morgan fingerprint density at radius 3 is 2.66 bits per heavy atom. The van der Waals surface area contributed by atoms with Crippen LogP contribution in [0.2, 0.25) is 0 Å². The molecule has 2 N–H and O–H groups in total. The lowest BCUT2D eigenvalue weighted by Crippen LogP contribution is -2.48. The van der Waals surface area contributed by atoms with Gasteiger partial charge in [-0.25, -0.2) is 9.98 Å². The Balaban J connectivity index is 0.00000300. The minimum absolute atomic E-state index is 0. The van der Waals surface area contributed by atoms with Crippen molar-refractivity contribution >= 4 is 35.8 Å². The van der Waals surface area contributed by atoms with Gasteiger partial charge in [-0.3, -0.25) is 0 Å². The zero-order chi connectivity index (χ0) is 19.9. The van der Waals surface area contributed by atoms with Crippen LogP contribution in [0.3, 0.4) is 0 Å². The van der Waals surface area contributed by atoms with Crippen molar-refractivity contribution in [1.29, 1.82) is 0 Å². The molecule has 0 aliphatic carbocycles. The van der Waals surface area contributed by atoms with E-state index < -0.39 is 0 Å². The second kappa shape index (κ2) is 11.4. The summed E-state index contributed by atoms with van der Waals surface area (Å²) in [5.41, 5.74) is 2.17. The lowest BCUT2D eigenvalue weighted by atomic mass is 10.1. The van der Waals surface area contributed by atoms with E-state index in [1.165, 1.54) is 5.56 Å². The number of rotatable bonds is 6. The molecule has 160 valence electrons. The molecule has 2 aromatic heterocycles. The van der Waals surface area contributed by atoms with E-state index in [4.69, 9.17) is 4.52 Å². The number of hydrogen-bond acceptors (Lipinski definition) is 5. The van der Waals surface area contributed by atoms with Gasteiger partial charge in [0.15, 0.2) is 11.7 Å². The Labute approximate surface area is 190 Å². The lowest BCUT2D eigenvalue weighted by Gasteiger charge is -2.33. The summed E-state index contributed by atoms with van der Waals surface area (Å²) in [6, 6.07) is 6.62. The second-order valence-corrected chi connectivity index (χ2v) is 7.67. The van der Waals surface area contributed by atoms with Gasteiger partial charge in [-0.15, -0.1) is 24.0 Å². The van der Waals surface area contributed by atoms with E-state index in [1.807, 2.05) is 12.3 Å². The Bertz CT molecular complexity index is 766. The second-order valence-electron chi connectivity index (χ2n) is 7.67. The number of piperidine rings is 1. The number of pyridine rings is 1. The molecule has 0 aromatic carbocycles. The number of aliphatic imine (C=N–C) groups is 1. The van der Waals surface area contributed by atoms with Crippen LogP contribution in [0.4, 0.5) is 5.82 Å². The number of aryl methyl sites for hydroxylation is 1. The highest BCUT2D eigenvalue weighted by atomic mass is 127. The van der Waals surface area contributed by atoms with Gasteiger partial charge in [0.1, 0.15) is 12.4 Å². The van der Waals surface area contributed by atoms with Gasteiger partial charge in [0.25, 0.3) is 0 Å².